The maximum atomic E-state index is 12.4. The van der Waals surface area contributed by atoms with E-state index in [-0.39, 0.29) is 16.5 Å². The average molecular weight is 299 g/mol. The summed E-state index contributed by atoms with van der Waals surface area (Å²) in [5, 5.41) is 0.0699. The topological polar surface area (TPSA) is 59.8 Å². The molecule has 2 aromatic heterocycles. The third kappa shape index (κ3) is 2.62. The number of fused-ring (bicyclic) bond motifs is 1. The molecule has 2 rings (SSSR count). The second-order valence-electron chi connectivity index (χ2n) is 4.66. The lowest BCUT2D eigenvalue weighted by Crippen LogP contribution is -2.36. The van der Waals surface area contributed by atoms with Crippen molar-refractivity contribution in [2.75, 3.05) is 5.75 Å². The molecule has 0 aliphatic carbocycles. The van der Waals surface area contributed by atoms with E-state index >= 15 is 0 Å². The van der Waals surface area contributed by atoms with Crippen molar-refractivity contribution >= 4 is 36.3 Å². The zero-order valence-corrected chi connectivity index (χ0v) is 12.7. The molecule has 0 saturated heterocycles. The first kappa shape index (κ1) is 14.3. The Hall–Kier alpha value is -1.08. The summed E-state index contributed by atoms with van der Waals surface area (Å²) >= 11 is 8.46. The Morgan fingerprint density at radius 3 is 2.74 bits per heavy atom. The van der Waals surface area contributed by atoms with E-state index in [1.54, 1.807) is 11.6 Å². The van der Waals surface area contributed by atoms with E-state index in [1.807, 2.05) is 13.1 Å². The standard InChI is InChI=1S/C12H17N3O2S2/c1-7-5-14(2)10-9(7)13-12(17)15(11(10)16)4-3-8(19)6-18/h5,8,18-19H,3-4,6H2,1-2H3,(H,13,17)/t8-/m1/s1. The van der Waals surface area contributed by atoms with Crippen molar-refractivity contribution in [2.45, 2.75) is 25.1 Å². The van der Waals surface area contributed by atoms with Gasteiger partial charge in [-0.25, -0.2) is 4.79 Å². The molecule has 104 valence electrons. The molecule has 0 unspecified atom stereocenters. The van der Waals surface area contributed by atoms with E-state index < -0.39 is 0 Å². The van der Waals surface area contributed by atoms with E-state index in [1.165, 1.54) is 4.57 Å². The minimum atomic E-state index is -0.369. The number of rotatable bonds is 4. The third-order valence-electron chi connectivity index (χ3n) is 3.19. The molecule has 7 heteroatoms. The second kappa shape index (κ2) is 5.50. The average Bonchev–Trinajstić information content (AvgIpc) is 2.63. The van der Waals surface area contributed by atoms with Gasteiger partial charge in [0, 0.05) is 30.8 Å². The monoisotopic (exact) mass is 299 g/mol. The highest BCUT2D eigenvalue weighted by Gasteiger charge is 2.13. The van der Waals surface area contributed by atoms with Crippen molar-refractivity contribution in [1.82, 2.24) is 14.1 Å². The molecule has 1 atom stereocenters. The zero-order valence-electron chi connectivity index (χ0n) is 10.9. The first-order chi connectivity index (χ1) is 8.95. The van der Waals surface area contributed by atoms with E-state index in [0.29, 0.717) is 29.8 Å². The molecular formula is C12H17N3O2S2. The Balaban J connectivity index is 2.54. The highest BCUT2D eigenvalue weighted by atomic mass is 32.1. The molecule has 0 aromatic carbocycles. The fourth-order valence-electron chi connectivity index (χ4n) is 2.17. The van der Waals surface area contributed by atoms with Crippen LogP contribution in [0, 0.1) is 6.92 Å². The number of nitrogens with zero attached hydrogens (tertiary/aromatic N) is 2. The molecule has 5 nitrogen and oxygen atoms in total. The van der Waals surface area contributed by atoms with Gasteiger partial charge in [0.2, 0.25) is 0 Å². The van der Waals surface area contributed by atoms with E-state index in [0.717, 1.165) is 5.56 Å². The van der Waals surface area contributed by atoms with Crippen LogP contribution in [-0.4, -0.2) is 25.1 Å². The largest absolute Gasteiger partial charge is 0.345 e. The number of nitrogens with one attached hydrogen (secondary N) is 1. The predicted octanol–water partition coefficient (Wildman–Crippen LogP) is 0.955. The van der Waals surface area contributed by atoms with Gasteiger partial charge < -0.3 is 9.55 Å². The van der Waals surface area contributed by atoms with Crippen molar-refractivity contribution in [2.24, 2.45) is 7.05 Å². The summed E-state index contributed by atoms with van der Waals surface area (Å²) in [7, 11) is 1.80. The fourth-order valence-corrected chi connectivity index (χ4v) is 2.46. The van der Waals surface area contributed by atoms with Crippen LogP contribution in [0.2, 0.25) is 0 Å². The Morgan fingerprint density at radius 2 is 2.11 bits per heavy atom. The normalized spacial score (nSPS) is 13.1. The molecule has 0 fully saturated rings. The number of aromatic amines is 1. The molecule has 0 amide bonds. The number of hydrogen-bond donors (Lipinski definition) is 3. The Morgan fingerprint density at radius 1 is 1.42 bits per heavy atom. The SMILES string of the molecule is Cc1cn(C)c2c(=O)n(CC[C@@H](S)CS)c(=O)[nH]c12. The molecule has 0 spiro atoms. The Labute approximate surface area is 121 Å². The van der Waals surface area contributed by atoms with Crippen LogP contribution >= 0.6 is 25.3 Å². The van der Waals surface area contributed by atoms with Gasteiger partial charge in [-0.3, -0.25) is 9.36 Å². The van der Waals surface area contributed by atoms with Gasteiger partial charge in [0.15, 0.2) is 0 Å². The van der Waals surface area contributed by atoms with Gasteiger partial charge in [0.05, 0.1) is 5.52 Å². The summed E-state index contributed by atoms with van der Waals surface area (Å²) in [5.41, 5.74) is 1.41. The number of H-pyrrole nitrogens is 1. The molecule has 0 bridgehead atoms. The van der Waals surface area contributed by atoms with Crippen LogP contribution in [0.25, 0.3) is 11.0 Å². The molecular weight excluding hydrogens is 282 g/mol. The van der Waals surface area contributed by atoms with E-state index in [2.05, 4.69) is 30.2 Å². The first-order valence-electron chi connectivity index (χ1n) is 6.03. The van der Waals surface area contributed by atoms with Gasteiger partial charge in [0.1, 0.15) is 5.52 Å². The zero-order chi connectivity index (χ0) is 14.2. The molecule has 0 aliphatic rings. The van der Waals surface area contributed by atoms with Crippen molar-refractivity contribution in [3.8, 4) is 0 Å². The Bertz CT molecular complexity index is 714. The van der Waals surface area contributed by atoms with Gasteiger partial charge >= 0.3 is 5.69 Å². The van der Waals surface area contributed by atoms with Crippen LogP contribution in [0.5, 0.6) is 0 Å². The minimum absolute atomic E-state index is 0.0699. The predicted molar refractivity (Wildman–Crippen MR) is 83.8 cm³/mol. The first-order valence-corrected chi connectivity index (χ1v) is 7.18. The van der Waals surface area contributed by atoms with Gasteiger partial charge in [0.25, 0.3) is 5.56 Å². The highest BCUT2D eigenvalue weighted by Crippen LogP contribution is 2.12. The number of hydrogen-bond acceptors (Lipinski definition) is 4. The summed E-state index contributed by atoms with van der Waals surface area (Å²) in [5.74, 6) is 0.612. The lowest BCUT2D eigenvalue weighted by molar-refractivity contribution is 0.597. The van der Waals surface area contributed by atoms with Crippen LogP contribution < -0.4 is 11.2 Å². The van der Waals surface area contributed by atoms with Gasteiger partial charge in [-0.1, -0.05) is 0 Å². The fraction of sp³-hybridized carbons (Fsp3) is 0.500. The minimum Gasteiger partial charge on any atom is -0.345 e. The summed E-state index contributed by atoms with van der Waals surface area (Å²) in [6, 6.07) is 0. The van der Waals surface area contributed by atoms with Crippen LogP contribution in [0.4, 0.5) is 0 Å². The molecule has 2 aromatic rings. The maximum Gasteiger partial charge on any atom is 0.328 e. The van der Waals surface area contributed by atoms with E-state index in [4.69, 9.17) is 0 Å². The molecule has 0 saturated carbocycles. The number of thiol groups is 2. The van der Waals surface area contributed by atoms with Crippen LogP contribution in [0.1, 0.15) is 12.0 Å². The molecule has 0 radical (unpaired) electrons. The van der Waals surface area contributed by atoms with Gasteiger partial charge in [-0.15, -0.1) is 0 Å². The summed E-state index contributed by atoms with van der Waals surface area (Å²) in [4.78, 5) is 27.1. The summed E-state index contributed by atoms with van der Waals surface area (Å²) in [6.45, 7) is 2.22. The van der Waals surface area contributed by atoms with Crippen molar-refractivity contribution in [1.29, 1.82) is 0 Å². The lowest BCUT2D eigenvalue weighted by atomic mass is 10.3. The highest BCUT2D eigenvalue weighted by molar-refractivity contribution is 7.84. The van der Waals surface area contributed by atoms with Crippen LogP contribution in [-0.2, 0) is 13.6 Å². The molecule has 19 heavy (non-hydrogen) atoms. The number of aryl methyl sites for hydroxylation is 2. The maximum absolute atomic E-state index is 12.4. The van der Waals surface area contributed by atoms with Crippen LogP contribution in [0.15, 0.2) is 15.8 Å². The van der Waals surface area contributed by atoms with Crippen molar-refractivity contribution < 1.29 is 0 Å². The van der Waals surface area contributed by atoms with Gasteiger partial charge in [-0.05, 0) is 18.9 Å². The van der Waals surface area contributed by atoms with Crippen molar-refractivity contribution in [3.05, 3.63) is 32.6 Å². The summed E-state index contributed by atoms with van der Waals surface area (Å²) < 4.78 is 2.98. The van der Waals surface area contributed by atoms with Gasteiger partial charge in [-0.2, -0.15) is 25.3 Å². The lowest BCUT2D eigenvalue weighted by Gasteiger charge is -2.09. The molecule has 2 heterocycles. The van der Waals surface area contributed by atoms with Crippen molar-refractivity contribution in [3.63, 3.8) is 0 Å². The summed E-state index contributed by atoms with van der Waals surface area (Å²) in [6.07, 6.45) is 2.46. The second-order valence-corrected chi connectivity index (χ2v) is 5.75. The third-order valence-corrected chi connectivity index (χ3v) is 4.36. The Kier molecular flexibility index (Phi) is 4.15. The van der Waals surface area contributed by atoms with E-state index in [9.17, 15) is 9.59 Å². The van der Waals surface area contributed by atoms with Crippen LogP contribution in [0.3, 0.4) is 0 Å². The smallest absolute Gasteiger partial charge is 0.328 e. The molecule has 1 N–H and O–H groups in total. The number of aromatic nitrogens is 3. The molecule has 0 aliphatic heterocycles. The quantitative estimate of drug-likeness (QED) is 0.736.